The fourth-order valence-electron chi connectivity index (χ4n) is 6.60. The predicted molar refractivity (Wildman–Crippen MR) is 186 cm³/mol. The van der Waals surface area contributed by atoms with Crippen LogP contribution in [-0.4, -0.2) is 61.0 Å². The van der Waals surface area contributed by atoms with Crippen molar-refractivity contribution in [2.75, 3.05) is 23.7 Å². The number of anilines is 1. The third kappa shape index (κ3) is 8.48. The van der Waals surface area contributed by atoms with E-state index >= 15 is 0 Å². The summed E-state index contributed by atoms with van der Waals surface area (Å²) in [5, 5.41) is 0. The van der Waals surface area contributed by atoms with Gasteiger partial charge in [-0.1, -0.05) is 56.7 Å². The van der Waals surface area contributed by atoms with Gasteiger partial charge in [-0.2, -0.15) is 21.4 Å². The number of hydrogen-bond acceptors (Lipinski definition) is 6. The summed E-state index contributed by atoms with van der Waals surface area (Å²) in [6.07, 6.45) is 13.6. The lowest BCUT2D eigenvalue weighted by Gasteiger charge is -2.27. The molecule has 2 aliphatic rings. The summed E-state index contributed by atoms with van der Waals surface area (Å²) in [5.74, 6) is -0.589. The summed E-state index contributed by atoms with van der Waals surface area (Å²) in [7, 11) is -8.38. The Morgan fingerprint density at radius 3 is 2.28 bits per heavy atom. The minimum atomic E-state index is -4.37. The van der Waals surface area contributed by atoms with E-state index in [9.17, 15) is 26.2 Å². The molecule has 0 aliphatic carbocycles. The molecule has 2 aromatic carbocycles. The molecule has 0 fully saturated rings. The van der Waals surface area contributed by atoms with Gasteiger partial charge in [0.25, 0.3) is 20.2 Å². The van der Waals surface area contributed by atoms with Gasteiger partial charge in [0.2, 0.25) is 11.6 Å². The highest BCUT2D eigenvalue weighted by molar-refractivity contribution is 7.86. The minimum Gasteiger partial charge on any atom is -0.370 e. The van der Waals surface area contributed by atoms with Gasteiger partial charge in [-0.15, -0.1) is 0 Å². The third-order valence-corrected chi connectivity index (χ3v) is 10.7. The number of carbonyl (C=O) groups is 1. The second-order valence-electron chi connectivity index (χ2n) is 13.2. The molecule has 1 amide bonds. The largest absolute Gasteiger partial charge is 0.370 e. The molecule has 4 rings (SSSR count). The first kappa shape index (κ1) is 36.3. The molecule has 0 aromatic heterocycles. The molecule has 0 saturated heterocycles. The van der Waals surface area contributed by atoms with Gasteiger partial charge in [-0.3, -0.25) is 13.9 Å². The van der Waals surface area contributed by atoms with E-state index in [0.717, 1.165) is 41.2 Å². The van der Waals surface area contributed by atoms with Crippen molar-refractivity contribution < 1.29 is 35.3 Å². The Morgan fingerprint density at radius 2 is 1.60 bits per heavy atom. The lowest BCUT2D eigenvalue weighted by Crippen LogP contribution is -2.28. The van der Waals surface area contributed by atoms with Crippen LogP contribution in [0.1, 0.15) is 77.3 Å². The minimum absolute atomic E-state index is 0.148. The van der Waals surface area contributed by atoms with Crippen molar-refractivity contribution >= 4 is 43.2 Å². The number of unbranched alkanes of at least 4 members (excludes halogenated alkanes) is 3. The van der Waals surface area contributed by atoms with E-state index in [1.165, 1.54) is 17.7 Å². The number of nitrogens with zero attached hydrogens (tertiary/aromatic N) is 2. The van der Waals surface area contributed by atoms with Gasteiger partial charge < -0.3 is 10.6 Å². The van der Waals surface area contributed by atoms with Crippen molar-refractivity contribution in [1.82, 2.24) is 0 Å². The number of primary amides is 1. The van der Waals surface area contributed by atoms with Crippen LogP contribution >= 0.6 is 0 Å². The molecule has 0 radical (unpaired) electrons. The van der Waals surface area contributed by atoms with Crippen LogP contribution in [0.4, 0.5) is 11.4 Å². The average Bonchev–Trinajstić information content (AvgIpc) is 3.32. The average molecular weight is 685 g/mol. The molecule has 12 heteroatoms. The summed E-state index contributed by atoms with van der Waals surface area (Å²) >= 11 is 0. The van der Waals surface area contributed by atoms with Crippen molar-refractivity contribution in [2.45, 2.75) is 81.9 Å². The fraction of sp³-hybridized carbons (Fsp3) is 0.429. The van der Waals surface area contributed by atoms with Crippen LogP contribution in [0, 0.1) is 0 Å². The monoisotopic (exact) mass is 684 g/mol. The predicted octanol–water partition coefficient (Wildman–Crippen LogP) is 5.82. The molecule has 4 N–H and O–H groups in total. The van der Waals surface area contributed by atoms with Crippen molar-refractivity contribution in [1.29, 1.82) is 0 Å². The van der Waals surface area contributed by atoms with Crippen LogP contribution in [-0.2, 0) is 35.9 Å². The number of allylic oxidation sites excluding steroid dienone is 6. The van der Waals surface area contributed by atoms with Gasteiger partial charge in [-0.05, 0) is 62.9 Å². The molecule has 0 unspecified atom stereocenters. The topological polar surface area (TPSA) is 158 Å². The molecule has 47 heavy (non-hydrogen) atoms. The van der Waals surface area contributed by atoms with Crippen molar-refractivity contribution in [3.63, 3.8) is 0 Å². The van der Waals surface area contributed by atoms with E-state index in [-0.39, 0.29) is 22.0 Å². The van der Waals surface area contributed by atoms with Crippen LogP contribution in [0.2, 0.25) is 0 Å². The first-order valence-electron chi connectivity index (χ1n) is 15.9. The molecule has 0 atom stereocenters. The Morgan fingerprint density at radius 1 is 0.872 bits per heavy atom. The van der Waals surface area contributed by atoms with Gasteiger partial charge >= 0.3 is 0 Å². The standard InChI is InChI=1S/C35H45N3O7S2/c1-34(2)27-15-10-11-16-29(27)37(23-13-14-24-46(40,41)42)31(34)17-7-5-8-18-32-35(3,4)28-25-26(47(43,44)45)20-21-30(28)38(32)22-12-6-9-19-33(36)39/h5,7-8,10-11,15-18,20-21,25H,6,9,12-14,19,22-24H2,1-4H3,(H3-,36,39,40,41,42,43,44,45)/p+1. The number of nitrogens with two attached hydrogens (primary N) is 1. The SMILES string of the molecule is CC1(C)C(/C=C/C=C/C=C2\N(CCCCCC(N)=O)c3ccc(S(=O)(=O)O)cc3C2(C)C)=[N+](CCCCS(=O)(=O)O)c2ccccc21. The summed E-state index contributed by atoms with van der Waals surface area (Å²) in [5.41, 5.74) is 10.4. The van der Waals surface area contributed by atoms with Crippen LogP contribution in [0.5, 0.6) is 0 Å². The molecule has 2 heterocycles. The number of rotatable bonds is 15. The number of carbonyl (C=O) groups excluding carboxylic acids is 1. The Kier molecular flexibility index (Phi) is 11.0. The number of benzene rings is 2. The number of para-hydroxylation sites is 1. The maximum atomic E-state index is 11.9. The van der Waals surface area contributed by atoms with Crippen LogP contribution in [0.25, 0.3) is 0 Å². The highest BCUT2D eigenvalue weighted by Crippen LogP contribution is 2.48. The van der Waals surface area contributed by atoms with Crippen molar-refractivity contribution in [3.8, 4) is 0 Å². The molecule has 0 saturated carbocycles. The second kappa shape index (κ2) is 14.3. The molecule has 2 aliphatic heterocycles. The molecule has 0 spiro atoms. The quantitative estimate of drug-likeness (QED) is 0.0917. The lowest BCUT2D eigenvalue weighted by molar-refractivity contribution is -0.438. The van der Waals surface area contributed by atoms with E-state index in [0.29, 0.717) is 38.8 Å². The van der Waals surface area contributed by atoms with E-state index in [2.05, 4.69) is 41.5 Å². The van der Waals surface area contributed by atoms with Crippen molar-refractivity contribution in [3.05, 3.63) is 89.7 Å². The normalized spacial score (nSPS) is 18.1. The van der Waals surface area contributed by atoms with Crippen molar-refractivity contribution in [2.24, 2.45) is 5.73 Å². The summed E-state index contributed by atoms with van der Waals surface area (Å²) in [6, 6.07) is 12.9. The summed E-state index contributed by atoms with van der Waals surface area (Å²) in [4.78, 5) is 13.2. The Bertz CT molecular complexity index is 1850. The van der Waals surface area contributed by atoms with Gasteiger partial charge in [0, 0.05) is 53.9 Å². The van der Waals surface area contributed by atoms with E-state index in [1.807, 2.05) is 50.3 Å². The maximum Gasteiger partial charge on any atom is 0.294 e. The highest BCUT2D eigenvalue weighted by Gasteiger charge is 2.44. The van der Waals surface area contributed by atoms with E-state index in [1.54, 1.807) is 6.07 Å². The fourth-order valence-corrected chi connectivity index (χ4v) is 7.67. The zero-order chi connectivity index (χ0) is 34.6. The highest BCUT2D eigenvalue weighted by atomic mass is 32.2. The summed E-state index contributed by atoms with van der Waals surface area (Å²) < 4.78 is 67.4. The van der Waals surface area contributed by atoms with Crippen LogP contribution < -0.4 is 10.6 Å². The first-order chi connectivity index (χ1) is 21.9. The first-order valence-corrected chi connectivity index (χ1v) is 18.9. The smallest absolute Gasteiger partial charge is 0.294 e. The second-order valence-corrected chi connectivity index (χ2v) is 16.2. The Hall–Kier alpha value is -3.58. The molecular formula is C35H46N3O7S2+. The number of fused-ring (bicyclic) bond motifs is 2. The maximum absolute atomic E-state index is 11.9. The van der Waals surface area contributed by atoms with Gasteiger partial charge in [0.1, 0.15) is 6.54 Å². The third-order valence-electron chi connectivity index (χ3n) is 9.03. The molecule has 254 valence electrons. The van der Waals surface area contributed by atoms with Gasteiger partial charge in [-0.25, -0.2) is 0 Å². The zero-order valence-corrected chi connectivity index (χ0v) is 29.1. The number of hydrogen-bond donors (Lipinski definition) is 3. The van der Waals surface area contributed by atoms with Gasteiger partial charge in [0.05, 0.1) is 16.1 Å². The van der Waals surface area contributed by atoms with E-state index in [4.69, 9.17) is 10.3 Å². The van der Waals surface area contributed by atoms with Gasteiger partial charge in [0.15, 0.2) is 5.71 Å². The molecular weight excluding hydrogens is 639 g/mol. The molecule has 2 aromatic rings. The number of amides is 1. The lowest BCUT2D eigenvalue weighted by atomic mass is 9.81. The zero-order valence-electron chi connectivity index (χ0n) is 27.5. The Labute approximate surface area is 278 Å². The van der Waals surface area contributed by atoms with E-state index < -0.39 is 25.7 Å². The Balaban J connectivity index is 1.61. The molecule has 10 nitrogen and oxygen atoms in total. The van der Waals surface area contributed by atoms with Crippen LogP contribution in [0.15, 0.2) is 83.4 Å². The molecule has 0 bridgehead atoms. The van der Waals surface area contributed by atoms with Crippen LogP contribution in [0.3, 0.4) is 0 Å². The summed E-state index contributed by atoms with van der Waals surface area (Å²) in [6.45, 7) is 9.64.